The summed E-state index contributed by atoms with van der Waals surface area (Å²) in [6.45, 7) is 4.63. The van der Waals surface area contributed by atoms with Crippen LogP contribution >= 0.6 is 0 Å². The Morgan fingerprint density at radius 2 is 1.00 bits per heavy atom. The molecule has 0 atom stereocenters. The molecule has 0 aliphatic heterocycles. The Labute approximate surface area is 224 Å². The molecule has 0 aromatic carbocycles. The predicted octanol–water partition coefficient (Wildman–Crippen LogP) is 10.8. The average Bonchev–Trinajstić information content (AvgIpc) is 2.95. The van der Waals surface area contributed by atoms with Crippen molar-refractivity contribution in [3.8, 4) is 0 Å². The van der Waals surface area contributed by atoms with E-state index >= 15 is 0 Å². The third-order valence-electron chi connectivity index (χ3n) is 10.6. The summed E-state index contributed by atoms with van der Waals surface area (Å²) in [5, 5.41) is 0. The van der Waals surface area contributed by atoms with Crippen LogP contribution in [-0.4, -0.2) is 9.97 Å². The summed E-state index contributed by atoms with van der Waals surface area (Å²) in [7, 11) is 0. The van der Waals surface area contributed by atoms with E-state index in [9.17, 15) is 0 Å². The fourth-order valence-electron chi connectivity index (χ4n) is 8.06. The van der Waals surface area contributed by atoms with Crippen molar-refractivity contribution in [1.82, 2.24) is 9.97 Å². The van der Waals surface area contributed by atoms with Gasteiger partial charge >= 0.3 is 0 Å². The minimum atomic E-state index is 0.615. The lowest BCUT2D eigenvalue weighted by Crippen LogP contribution is -2.25. The largest absolute Gasteiger partial charge is 0.241 e. The van der Waals surface area contributed by atoms with Crippen LogP contribution < -0.4 is 0 Å². The van der Waals surface area contributed by atoms with Crippen LogP contribution in [0.2, 0.25) is 0 Å². The summed E-state index contributed by atoms with van der Waals surface area (Å²) < 4.78 is 0. The molecule has 3 fully saturated rings. The van der Waals surface area contributed by atoms with E-state index in [1.165, 1.54) is 147 Å². The van der Waals surface area contributed by atoms with Gasteiger partial charge in [0, 0.05) is 18.3 Å². The third kappa shape index (κ3) is 8.56. The van der Waals surface area contributed by atoms with E-state index in [1.807, 2.05) is 0 Å². The standard InChI is InChI=1S/C34H58N2/c1-3-5-7-8-9-10-12-28-13-17-29(18-14-28)30-21-23-31(24-22-30)33-25-35-34(36-26-33)32-19-15-27(16-20-32)11-6-4-2/h25-32H,3-24H2,1-2H3/t27-,28-,29-,30-,31-,32-. The van der Waals surface area contributed by atoms with Gasteiger partial charge in [-0.2, -0.15) is 0 Å². The van der Waals surface area contributed by atoms with Crippen molar-refractivity contribution in [1.29, 1.82) is 0 Å². The van der Waals surface area contributed by atoms with Gasteiger partial charge in [0.25, 0.3) is 0 Å². The fraction of sp³-hybridized carbons (Fsp3) is 0.882. The molecule has 0 N–H and O–H groups in total. The van der Waals surface area contributed by atoms with Crippen LogP contribution in [-0.2, 0) is 0 Å². The molecule has 0 amide bonds. The second kappa shape index (κ2) is 15.5. The molecule has 0 unspecified atom stereocenters. The van der Waals surface area contributed by atoms with E-state index in [0.29, 0.717) is 11.8 Å². The minimum absolute atomic E-state index is 0.615. The molecule has 1 aromatic rings. The van der Waals surface area contributed by atoms with Crippen LogP contribution in [0, 0.1) is 23.7 Å². The topological polar surface area (TPSA) is 25.8 Å². The molecule has 0 saturated heterocycles. The summed E-state index contributed by atoms with van der Waals surface area (Å²) in [5.74, 6) is 6.50. The van der Waals surface area contributed by atoms with Gasteiger partial charge in [-0.3, -0.25) is 0 Å². The molecule has 0 spiro atoms. The molecule has 0 bridgehead atoms. The molecular formula is C34H58N2. The Morgan fingerprint density at radius 3 is 1.61 bits per heavy atom. The lowest BCUT2D eigenvalue weighted by molar-refractivity contribution is 0.155. The van der Waals surface area contributed by atoms with Crippen LogP contribution in [0.25, 0.3) is 0 Å². The lowest BCUT2D eigenvalue weighted by atomic mass is 9.68. The highest BCUT2D eigenvalue weighted by molar-refractivity contribution is 5.14. The van der Waals surface area contributed by atoms with Crippen molar-refractivity contribution in [2.45, 2.75) is 167 Å². The second-order valence-electron chi connectivity index (χ2n) is 13.2. The lowest BCUT2D eigenvalue weighted by Gasteiger charge is -2.38. The van der Waals surface area contributed by atoms with Gasteiger partial charge in [-0.25, -0.2) is 9.97 Å². The van der Waals surface area contributed by atoms with E-state index in [4.69, 9.17) is 9.97 Å². The third-order valence-corrected chi connectivity index (χ3v) is 10.6. The van der Waals surface area contributed by atoms with Crippen LogP contribution in [0.3, 0.4) is 0 Å². The van der Waals surface area contributed by atoms with Crippen molar-refractivity contribution < 1.29 is 0 Å². The number of nitrogens with zero attached hydrogens (tertiary/aromatic N) is 2. The first kappa shape index (κ1) is 28.1. The van der Waals surface area contributed by atoms with Crippen molar-refractivity contribution in [3.05, 3.63) is 23.8 Å². The Hall–Kier alpha value is -0.920. The first-order valence-electron chi connectivity index (χ1n) is 16.6. The minimum Gasteiger partial charge on any atom is -0.241 e. The Morgan fingerprint density at radius 1 is 0.528 bits per heavy atom. The van der Waals surface area contributed by atoms with Crippen molar-refractivity contribution >= 4 is 0 Å². The smallest absolute Gasteiger partial charge is 0.131 e. The number of aromatic nitrogens is 2. The van der Waals surface area contributed by atoms with E-state index in [1.54, 1.807) is 0 Å². The summed E-state index contributed by atoms with van der Waals surface area (Å²) in [6.07, 6.45) is 35.9. The molecule has 0 radical (unpaired) electrons. The number of hydrogen-bond acceptors (Lipinski definition) is 2. The van der Waals surface area contributed by atoms with Gasteiger partial charge in [0.05, 0.1) is 0 Å². The predicted molar refractivity (Wildman–Crippen MR) is 154 cm³/mol. The normalized spacial score (nSPS) is 31.4. The molecule has 1 heterocycles. The number of unbranched alkanes of at least 4 members (excludes halogenated alkanes) is 6. The van der Waals surface area contributed by atoms with Crippen LogP contribution in [0.5, 0.6) is 0 Å². The molecule has 3 aliphatic carbocycles. The molecule has 2 nitrogen and oxygen atoms in total. The summed E-state index contributed by atoms with van der Waals surface area (Å²) >= 11 is 0. The van der Waals surface area contributed by atoms with E-state index in [0.717, 1.165) is 29.5 Å². The maximum Gasteiger partial charge on any atom is 0.131 e. The summed E-state index contributed by atoms with van der Waals surface area (Å²) in [6, 6.07) is 0. The zero-order valence-corrected chi connectivity index (χ0v) is 24.1. The molecule has 3 saturated carbocycles. The van der Waals surface area contributed by atoms with Crippen molar-refractivity contribution in [2.24, 2.45) is 23.7 Å². The Bertz CT molecular complexity index is 688. The van der Waals surface area contributed by atoms with E-state index < -0.39 is 0 Å². The zero-order chi connectivity index (χ0) is 25.0. The molecule has 36 heavy (non-hydrogen) atoms. The molecule has 2 heteroatoms. The first-order valence-corrected chi connectivity index (χ1v) is 16.6. The molecule has 4 rings (SSSR count). The molecule has 204 valence electrons. The van der Waals surface area contributed by atoms with Gasteiger partial charge in [0.2, 0.25) is 0 Å². The van der Waals surface area contributed by atoms with Gasteiger partial charge in [-0.15, -0.1) is 0 Å². The maximum atomic E-state index is 4.92. The van der Waals surface area contributed by atoms with Crippen LogP contribution in [0.4, 0.5) is 0 Å². The van der Waals surface area contributed by atoms with Gasteiger partial charge in [-0.1, -0.05) is 90.9 Å². The molecule has 3 aliphatic rings. The zero-order valence-electron chi connectivity index (χ0n) is 24.1. The number of hydrogen-bond donors (Lipinski definition) is 0. The second-order valence-corrected chi connectivity index (χ2v) is 13.2. The van der Waals surface area contributed by atoms with E-state index in [-0.39, 0.29) is 0 Å². The van der Waals surface area contributed by atoms with Gasteiger partial charge in [0.1, 0.15) is 5.82 Å². The Balaban J connectivity index is 1.12. The van der Waals surface area contributed by atoms with Crippen molar-refractivity contribution in [2.75, 3.05) is 0 Å². The fourth-order valence-corrected chi connectivity index (χ4v) is 8.06. The highest BCUT2D eigenvalue weighted by atomic mass is 14.9. The van der Waals surface area contributed by atoms with Gasteiger partial charge < -0.3 is 0 Å². The van der Waals surface area contributed by atoms with Crippen LogP contribution in [0.15, 0.2) is 12.4 Å². The summed E-state index contributed by atoms with van der Waals surface area (Å²) in [4.78, 5) is 9.83. The first-order chi connectivity index (χ1) is 17.8. The molecular weight excluding hydrogens is 436 g/mol. The number of rotatable bonds is 13. The average molecular weight is 495 g/mol. The highest BCUT2D eigenvalue weighted by Gasteiger charge is 2.31. The monoisotopic (exact) mass is 494 g/mol. The summed E-state index contributed by atoms with van der Waals surface area (Å²) in [5.41, 5.74) is 1.43. The van der Waals surface area contributed by atoms with Gasteiger partial charge in [-0.05, 0) is 99.4 Å². The SMILES string of the molecule is CCCCCCCC[C@H]1CC[C@H]([C@H]2CC[C@H](c3cnc([C@H]4CC[C@H](CCCC)CC4)nc3)CC2)CC1. The molecule has 1 aromatic heterocycles. The highest BCUT2D eigenvalue weighted by Crippen LogP contribution is 2.44. The van der Waals surface area contributed by atoms with Gasteiger partial charge in [0.15, 0.2) is 0 Å². The van der Waals surface area contributed by atoms with Crippen LogP contribution in [0.1, 0.15) is 178 Å². The Kier molecular flexibility index (Phi) is 12.1. The quantitative estimate of drug-likeness (QED) is 0.255. The van der Waals surface area contributed by atoms with E-state index in [2.05, 4.69) is 26.2 Å². The van der Waals surface area contributed by atoms with Crippen molar-refractivity contribution in [3.63, 3.8) is 0 Å². The maximum absolute atomic E-state index is 4.92.